The molecule has 132 valence electrons. The molecule has 2 aliphatic rings. The molecule has 1 saturated carbocycles. The molecule has 1 aromatic rings. The number of likely N-dealkylation sites (N-methyl/N-ethyl adjacent to an activating group) is 1. The van der Waals surface area contributed by atoms with Gasteiger partial charge in [0.15, 0.2) is 0 Å². The van der Waals surface area contributed by atoms with Gasteiger partial charge in [0.1, 0.15) is 0 Å². The molecule has 24 heavy (non-hydrogen) atoms. The molecule has 3 nitrogen and oxygen atoms in total. The van der Waals surface area contributed by atoms with Crippen molar-refractivity contribution in [2.75, 3.05) is 20.1 Å². The van der Waals surface area contributed by atoms with Crippen LogP contribution in [-0.4, -0.2) is 53.2 Å². The van der Waals surface area contributed by atoms with Crippen LogP contribution in [-0.2, 0) is 0 Å². The molecular weight excluding hydrogens is 384 g/mol. The van der Waals surface area contributed by atoms with Gasteiger partial charge >= 0.3 is 0 Å². The number of carbonyl (C=O) groups is 1. The van der Waals surface area contributed by atoms with E-state index >= 15 is 0 Å². The minimum atomic E-state index is 0.124. The summed E-state index contributed by atoms with van der Waals surface area (Å²) in [6.45, 7) is 2.30. The lowest BCUT2D eigenvalue weighted by molar-refractivity contribution is 0.0592. The number of rotatable bonds is 3. The summed E-state index contributed by atoms with van der Waals surface area (Å²) in [4.78, 5) is 17.6. The Hall–Kier alpha value is -0.520. The fourth-order valence-corrected chi connectivity index (χ4v) is 5.03. The molecule has 1 aromatic carbocycles. The Kier molecular flexibility index (Phi) is 6.27. The zero-order valence-corrected chi connectivity index (χ0v) is 16.8. The van der Waals surface area contributed by atoms with Crippen molar-refractivity contribution in [3.8, 4) is 0 Å². The lowest BCUT2D eigenvalue weighted by Gasteiger charge is -2.41. The van der Waals surface area contributed by atoms with Crippen LogP contribution in [0.5, 0.6) is 0 Å². The molecule has 3 rings (SSSR count). The molecule has 3 atom stereocenters. The monoisotopic (exact) mass is 410 g/mol. The van der Waals surface area contributed by atoms with E-state index in [0.29, 0.717) is 11.3 Å². The average Bonchev–Trinajstić information content (AvgIpc) is 3.04. The van der Waals surface area contributed by atoms with Gasteiger partial charge in [-0.2, -0.15) is 12.6 Å². The minimum Gasteiger partial charge on any atom is -0.337 e. The van der Waals surface area contributed by atoms with E-state index in [0.717, 1.165) is 36.0 Å². The molecule has 1 aliphatic carbocycles. The third-order valence-electron chi connectivity index (χ3n) is 5.51. The first-order valence-corrected chi connectivity index (χ1v) is 10.3. The highest BCUT2D eigenvalue weighted by molar-refractivity contribution is 9.10. The Balaban J connectivity index is 1.82. The van der Waals surface area contributed by atoms with Crippen molar-refractivity contribution >= 4 is 34.5 Å². The predicted molar refractivity (Wildman–Crippen MR) is 106 cm³/mol. The average molecular weight is 411 g/mol. The number of nitrogens with zero attached hydrogens (tertiary/aromatic N) is 2. The fourth-order valence-electron chi connectivity index (χ4n) is 4.20. The maximum atomic E-state index is 13.0. The third kappa shape index (κ3) is 4.00. The predicted octanol–water partition coefficient (Wildman–Crippen LogP) is 4.23. The van der Waals surface area contributed by atoms with E-state index in [1.165, 1.54) is 25.7 Å². The highest BCUT2D eigenvalue weighted by atomic mass is 79.9. The lowest BCUT2D eigenvalue weighted by atomic mass is 9.98. The van der Waals surface area contributed by atoms with E-state index in [2.05, 4.69) is 20.8 Å². The third-order valence-corrected chi connectivity index (χ3v) is 6.60. The smallest absolute Gasteiger partial charge is 0.253 e. The van der Waals surface area contributed by atoms with Crippen LogP contribution in [0.4, 0.5) is 0 Å². The molecule has 2 fully saturated rings. The molecule has 0 radical (unpaired) electrons. The largest absolute Gasteiger partial charge is 0.337 e. The molecule has 0 aromatic heterocycles. The van der Waals surface area contributed by atoms with Gasteiger partial charge in [0.2, 0.25) is 0 Å². The van der Waals surface area contributed by atoms with E-state index in [1.54, 1.807) is 0 Å². The van der Waals surface area contributed by atoms with Crippen LogP contribution in [0, 0.1) is 0 Å². The number of hydrogen-bond donors (Lipinski definition) is 1. The van der Waals surface area contributed by atoms with Crippen LogP contribution in [0.2, 0.25) is 0 Å². The van der Waals surface area contributed by atoms with E-state index in [4.69, 9.17) is 12.6 Å². The molecule has 1 amide bonds. The second kappa shape index (κ2) is 8.24. The Morgan fingerprint density at radius 3 is 2.42 bits per heavy atom. The summed E-state index contributed by atoms with van der Waals surface area (Å²) in [5.41, 5.74) is 0.765. The summed E-state index contributed by atoms with van der Waals surface area (Å²) >= 11 is 8.38. The van der Waals surface area contributed by atoms with Crippen LogP contribution in [0.1, 0.15) is 48.9 Å². The van der Waals surface area contributed by atoms with Crippen LogP contribution < -0.4 is 0 Å². The van der Waals surface area contributed by atoms with E-state index in [9.17, 15) is 4.79 Å². The van der Waals surface area contributed by atoms with Crippen molar-refractivity contribution in [3.05, 3.63) is 34.3 Å². The van der Waals surface area contributed by atoms with Crippen molar-refractivity contribution in [1.82, 2.24) is 9.80 Å². The molecule has 5 heteroatoms. The van der Waals surface area contributed by atoms with Crippen LogP contribution in [0.25, 0.3) is 0 Å². The maximum Gasteiger partial charge on any atom is 0.253 e. The Morgan fingerprint density at radius 2 is 1.75 bits per heavy atom. The minimum absolute atomic E-state index is 0.124. The second-order valence-corrected chi connectivity index (χ2v) is 8.65. The highest BCUT2D eigenvalue weighted by Gasteiger charge is 2.38. The summed E-state index contributed by atoms with van der Waals surface area (Å²) in [5.74, 6) is 0.124. The molecular formula is C19H27BrN2OS. The molecule has 0 spiro atoms. The Labute approximate surface area is 159 Å². The summed E-state index contributed by atoms with van der Waals surface area (Å²) in [5, 5.41) is 0.357. The van der Waals surface area contributed by atoms with Crippen molar-refractivity contribution < 1.29 is 4.79 Å². The number of halogens is 1. The number of carbonyl (C=O) groups excluding carboxylic acids is 1. The summed E-state index contributed by atoms with van der Waals surface area (Å²) in [6, 6.07) is 8.32. The first-order chi connectivity index (χ1) is 11.6. The number of likely N-dealkylation sites (tertiary alicyclic amines) is 1. The van der Waals surface area contributed by atoms with E-state index in [1.807, 2.05) is 36.2 Å². The van der Waals surface area contributed by atoms with Gasteiger partial charge in [-0.15, -0.1) is 0 Å². The standard InChI is InChI=1S/C19H27BrN2OS/c1-21(19(23)14-8-10-15(20)11-9-14)16-6-2-3-7-17(24)18(16)22-12-4-5-13-22/h8-11,16-18,24H,2-7,12-13H2,1H3. The first kappa shape index (κ1) is 18.3. The van der Waals surface area contributed by atoms with Gasteiger partial charge in [-0.05, 0) is 63.0 Å². The number of thiol groups is 1. The molecule has 1 saturated heterocycles. The van der Waals surface area contributed by atoms with Crippen molar-refractivity contribution in [1.29, 1.82) is 0 Å². The quantitative estimate of drug-likeness (QED) is 0.595. The topological polar surface area (TPSA) is 23.6 Å². The second-order valence-electron chi connectivity index (χ2n) is 7.08. The maximum absolute atomic E-state index is 13.0. The van der Waals surface area contributed by atoms with E-state index < -0.39 is 0 Å². The Bertz CT molecular complexity index is 559. The van der Waals surface area contributed by atoms with Crippen LogP contribution >= 0.6 is 28.6 Å². The lowest BCUT2D eigenvalue weighted by Crippen LogP contribution is -2.54. The Morgan fingerprint density at radius 1 is 1.12 bits per heavy atom. The summed E-state index contributed by atoms with van der Waals surface area (Å²) in [7, 11) is 1.98. The SMILES string of the molecule is CN(C(=O)c1ccc(Br)cc1)C1CCCCC(S)C1N1CCCC1. The van der Waals surface area contributed by atoms with Gasteiger partial charge in [-0.25, -0.2) is 0 Å². The molecule has 0 N–H and O–H groups in total. The van der Waals surface area contributed by atoms with Gasteiger partial charge in [0, 0.05) is 34.4 Å². The first-order valence-electron chi connectivity index (χ1n) is 9.03. The summed E-state index contributed by atoms with van der Waals surface area (Å²) in [6.07, 6.45) is 7.18. The van der Waals surface area contributed by atoms with Gasteiger partial charge in [-0.3, -0.25) is 9.69 Å². The molecule has 3 unspecified atom stereocenters. The van der Waals surface area contributed by atoms with Crippen LogP contribution in [0.15, 0.2) is 28.7 Å². The van der Waals surface area contributed by atoms with Crippen LogP contribution in [0.3, 0.4) is 0 Å². The van der Waals surface area contributed by atoms with Gasteiger partial charge < -0.3 is 4.90 Å². The fraction of sp³-hybridized carbons (Fsp3) is 0.632. The zero-order valence-electron chi connectivity index (χ0n) is 14.3. The molecule has 0 bridgehead atoms. The normalized spacial score (nSPS) is 28.5. The van der Waals surface area contributed by atoms with Gasteiger partial charge in [0.25, 0.3) is 5.91 Å². The van der Waals surface area contributed by atoms with Crippen molar-refractivity contribution in [2.24, 2.45) is 0 Å². The molecule has 1 heterocycles. The highest BCUT2D eigenvalue weighted by Crippen LogP contribution is 2.31. The number of amides is 1. The summed E-state index contributed by atoms with van der Waals surface area (Å²) < 4.78 is 1.00. The van der Waals surface area contributed by atoms with Gasteiger partial charge in [-0.1, -0.05) is 28.8 Å². The zero-order chi connectivity index (χ0) is 17.1. The van der Waals surface area contributed by atoms with Crippen molar-refractivity contribution in [2.45, 2.75) is 55.9 Å². The number of hydrogen-bond acceptors (Lipinski definition) is 3. The number of benzene rings is 1. The van der Waals surface area contributed by atoms with E-state index in [-0.39, 0.29) is 11.9 Å². The van der Waals surface area contributed by atoms with Crippen molar-refractivity contribution in [3.63, 3.8) is 0 Å². The molecule has 1 aliphatic heterocycles. The van der Waals surface area contributed by atoms with Gasteiger partial charge in [0.05, 0.1) is 0 Å².